The summed E-state index contributed by atoms with van der Waals surface area (Å²) in [6.45, 7) is 0. The Morgan fingerprint density at radius 1 is 0.905 bits per heavy atom. The van der Waals surface area contributed by atoms with Crippen molar-refractivity contribution in [3.05, 3.63) is 71.7 Å². The van der Waals surface area contributed by atoms with Gasteiger partial charge in [-0.05, 0) is 27.6 Å². The van der Waals surface area contributed by atoms with E-state index in [9.17, 15) is 0 Å². The van der Waals surface area contributed by atoms with E-state index in [-0.39, 0.29) is 0 Å². The molecule has 0 aliphatic heterocycles. The monoisotopic (exact) mass is 288 g/mol. The fraction of sp³-hybridized carbons (Fsp3) is 0. The van der Waals surface area contributed by atoms with E-state index in [1.165, 1.54) is 21.5 Å². The minimum absolute atomic E-state index is 0.784. The number of aliphatic imine (C=N–C) groups is 1. The van der Waals surface area contributed by atoms with Gasteiger partial charge in [0.15, 0.2) is 0 Å². The fourth-order valence-electron chi connectivity index (χ4n) is 2.59. The normalized spacial score (nSPS) is 11.6. The molecule has 2 nitrogen and oxygen atoms in total. The lowest BCUT2D eigenvalue weighted by Crippen LogP contribution is -1.88. The van der Waals surface area contributed by atoms with E-state index in [2.05, 4.69) is 64.6 Å². The first-order valence-electron chi connectivity index (χ1n) is 6.76. The fourth-order valence-corrected chi connectivity index (χ4v) is 3.07. The Bertz CT molecular complexity index is 886. The predicted molar refractivity (Wildman–Crippen MR) is 90.8 cm³/mol. The first kappa shape index (κ1) is 12.2. The molecule has 0 N–H and O–H groups in total. The number of benzene rings is 3. The van der Waals surface area contributed by atoms with Gasteiger partial charge in [0, 0.05) is 23.4 Å². The summed E-state index contributed by atoms with van der Waals surface area (Å²) in [6, 6.07) is 19.1. The molecule has 4 aromatic rings. The molecule has 3 heteroatoms. The van der Waals surface area contributed by atoms with Crippen LogP contribution >= 0.6 is 11.3 Å². The van der Waals surface area contributed by atoms with Gasteiger partial charge in [0.05, 0.1) is 0 Å². The van der Waals surface area contributed by atoms with Crippen LogP contribution in [-0.2, 0) is 0 Å². The molecule has 100 valence electrons. The van der Waals surface area contributed by atoms with Gasteiger partial charge in [0.25, 0.3) is 0 Å². The quantitative estimate of drug-likeness (QED) is 0.367. The van der Waals surface area contributed by atoms with E-state index in [4.69, 9.17) is 0 Å². The minimum Gasteiger partial charge on any atom is -0.227 e. The summed E-state index contributed by atoms with van der Waals surface area (Å²) in [6.07, 6.45) is 3.71. The van der Waals surface area contributed by atoms with Crippen LogP contribution in [-0.4, -0.2) is 11.2 Å². The van der Waals surface area contributed by atoms with Crippen molar-refractivity contribution in [3.8, 4) is 0 Å². The number of thiazole rings is 1. The molecular weight excluding hydrogens is 276 g/mol. The average Bonchev–Trinajstić information content (AvgIpc) is 3.05. The molecule has 0 saturated carbocycles. The third-order valence-electron chi connectivity index (χ3n) is 3.54. The molecule has 0 atom stereocenters. The summed E-state index contributed by atoms with van der Waals surface area (Å²) in [5.74, 6) is 0. The van der Waals surface area contributed by atoms with Gasteiger partial charge >= 0.3 is 0 Å². The van der Waals surface area contributed by atoms with Crippen LogP contribution in [0.25, 0.3) is 21.5 Å². The van der Waals surface area contributed by atoms with Crippen molar-refractivity contribution in [1.29, 1.82) is 0 Å². The summed E-state index contributed by atoms with van der Waals surface area (Å²) in [4.78, 5) is 8.73. The highest BCUT2D eigenvalue weighted by molar-refractivity contribution is 7.13. The van der Waals surface area contributed by atoms with Crippen molar-refractivity contribution in [2.24, 2.45) is 4.99 Å². The zero-order valence-electron chi connectivity index (χ0n) is 11.2. The summed E-state index contributed by atoms with van der Waals surface area (Å²) >= 11 is 1.54. The Balaban J connectivity index is 2.02. The second-order valence-electron chi connectivity index (χ2n) is 4.81. The van der Waals surface area contributed by atoms with Crippen molar-refractivity contribution in [3.63, 3.8) is 0 Å². The lowest BCUT2D eigenvalue weighted by atomic mass is 9.97. The largest absolute Gasteiger partial charge is 0.227 e. The molecule has 0 unspecified atom stereocenters. The molecule has 21 heavy (non-hydrogen) atoms. The van der Waals surface area contributed by atoms with Gasteiger partial charge in [-0.2, -0.15) is 0 Å². The van der Waals surface area contributed by atoms with Gasteiger partial charge in [-0.1, -0.05) is 48.5 Å². The maximum absolute atomic E-state index is 4.52. The van der Waals surface area contributed by atoms with Crippen molar-refractivity contribution in [2.75, 3.05) is 0 Å². The SMILES string of the molecule is C(=N\c1nccs1)/c1c2ccccc2cc2ccccc12. The van der Waals surface area contributed by atoms with E-state index >= 15 is 0 Å². The Kier molecular flexibility index (Phi) is 2.98. The molecule has 1 aromatic heterocycles. The molecule has 4 rings (SSSR count). The molecule has 0 aliphatic rings. The molecule has 0 aliphatic carbocycles. The van der Waals surface area contributed by atoms with Crippen LogP contribution in [0.2, 0.25) is 0 Å². The lowest BCUT2D eigenvalue weighted by Gasteiger charge is -2.07. The number of rotatable bonds is 2. The smallest absolute Gasteiger partial charge is 0.208 e. The molecule has 0 saturated heterocycles. The molecule has 0 spiro atoms. The van der Waals surface area contributed by atoms with Crippen molar-refractivity contribution < 1.29 is 0 Å². The number of hydrogen-bond acceptors (Lipinski definition) is 3. The highest BCUT2D eigenvalue weighted by Gasteiger charge is 2.05. The number of hydrogen-bond donors (Lipinski definition) is 0. The second-order valence-corrected chi connectivity index (χ2v) is 5.68. The third kappa shape index (κ3) is 2.22. The number of aromatic nitrogens is 1. The first-order chi connectivity index (χ1) is 10.4. The average molecular weight is 288 g/mol. The van der Waals surface area contributed by atoms with E-state index in [1.54, 1.807) is 17.5 Å². The topological polar surface area (TPSA) is 25.2 Å². The van der Waals surface area contributed by atoms with Crippen LogP contribution in [0.4, 0.5) is 5.13 Å². The molecule has 0 fully saturated rings. The maximum Gasteiger partial charge on any atom is 0.208 e. The summed E-state index contributed by atoms with van der Waals surface area (Å²) in [5, 5.41) is 7.63. The zero-order valence-corrected chi connectivity index (χ0v) is 12.0. The highest BCUT2D eigenvalue weighted by Crippen LogP contribution is 2.28. The number of fused-ring (bicyclic) bond motifs is 2. The predicted octanol–water partition coefficient (Wildman–Crippen LogP) is 5.20. The summed E-state index contributed by atoms with van der Waals surface area (Å²) < 4.78 is 0. The molecule has 0 amide bonds. The summed E-state index contributed by atoms with van der Waals surface area (Å²) in [7, 11) is 0. The zero-order chi connectivity index (χ0) is 14.1. The van der Waals surface area contributed by atoms with Crippen LogP contribution in [0.15, 0.2) is 71.2 Å². The van der Waals surface area contributed by atoms with E-state index < -0.39 is 0 Å². The van der Waals surface area contributed by atoms with Gasteiger partial charge in [0.2, 0.25) is 5.13 Å². The van der Waals surface area contributed by atoms with Gasteiger partial charge < -0.3 is 0 Å². The number of nitrogens with zero attached hydrogens (tertiary/aromatic N) is 2. The molecular formula is C18H12N2S. The molecule has 0 radical (unpaired) electrons. The second kappa shape index (κ2) is 5.11. The third-order valence-corrected chi connectivity index (χ3v) is 4.22. The van der Waals surface area contributed by atoms with Crippen LogP contribution in [0, 0.1) is 0 Å². The first-order valence-corrected chi connectivity index (χ1v) is 7.64. The Morgan fingerprint density at radius 3 is 2.19 bits per heavy atom. The van der Waals surface area contributed by atoms with Crippen LogP contribution < -0.4 is 0 Å². The molecule has 1 heterocycles. The Morgan fingerprint density at radius 2 is 1.57 bits per heavy atom. The van der Waals surface area contributed by atoms with Crippen molar-refractivity contribution in [1.82, 2.24) is 4.98 Å². The van der Waals surface area contributed by atoms with Crippen LogP contribution in [0.3, 0.4) is 0 Å². The highest BCUT2D eigenvalue weighted by atomic mass is 32.1. The minimum atomic E-state index is 0.784. The maximum atomic E-state index is 4.52. The van der Waals surface area contributed by atoms with E-state index in [0.29, 0.717) is 0 Å². The van der Waals surface area contributed by atoms with Gasteiger partial charge in [-0.25, -0.2) is 9.98 Å². The van der Waals surface area contributed by atoms with Crippen molar-refractivity contribution in [2.45, 2.75) is 0 Å². The molecule has 0 bridgehead atoms. The Labute approximate surface area is 126 Å². The van der Waals surface area contributed by atoms with E-state index in [1.807, 2.05) is 11.6 Å². The van der Waals surface area contributed by atoms with Gasteiger partial charge in [-0.15, -0.1) is 11.3 Å². The van der Waals surface area contributed by atoms with Gasteiger partial charge in [-0.3, -0.25) is 0 Å². The standard InChI is InChI=1S/C18H12N2S/c1-3-7-15-13(5-1)11-14-6-2-4-8-16(14)17(15)12-20-18-19-9-10-21-18/h1-12H/b20-12+. The summed E-state index contributed by atoms with van der Waals surface area (Å²) in [5.41, 5.74) is 1.15. The van der Waals surface area contributed by atoms with Crippen LogP contribution in [0.1, 0.15) is 5.56 Å². The van der Waals surface area contributed by atoms with E-state index in [0.717, 1.165) is 10.7 Å². The lowest BCUT2D eigenvalue weighted by molar-refractivity contribution is 1.36. The van der Waals surface area contributed by atoms with Crippen molar-refractivity contribution >= 4 is 44.2 Å². The van der Waals surface area contributed by atoms with Crippen LogP contribution in [0.5, 0.6) is 0 Å². The molecule has 3 aromatic carbocycles. The Hall–Kier alpha value is -2.52. The van der Waals surface area contributed by atoms with Gasteiger partial charge in [0.1, 0.15) is 0 Å².